The van der Waals surface area contributed by atoms with Gasteiger partial charge in [0.2, 0.25) is 0 Å². The normalized spacial score (nSPS) is 17.1. The number of aromatic nitrogens is 1. The molecule has 1 atom stereocenters. The van der Waals surface area contributed by atoms with Gasteiger partial charge >= 0.3 is 0 Å². The number of nitrogens with zero attached hydrogens (tertiary/aromatic N) is 2. The molecule has 23 heavy (non-hydrogen) atoms. The van der Waals surface area contributed by atoms with Crippen LogP contribution in [0, 0.1) is 6.92 Å². The molecule has 1 aliphatic heterocycles. The maximum absolute atomic E-state index is 12.7. The van der Waals surface area contributed by atoms with E-state index >= 15 is 0 Å². The number of rotatable bonds is 4. The Kier molecular flexibility index (Phi) is 4.46. The molecule has 2 heterocycles. The highest BCUT2D eigenvalue weighted by Crippen LogP contribution is 2.21. The van der Waals surface area contributed by atoms with E-state index in [0.717, 1.165) is 35.5 Å². The van der Waals surface area contributed by atoms with Crippen molar-refractivity contribution in [1.82, 2.24) is 9.88 Å². The van der Waals surface area contributed by atoms with Gasteiger partial charge in [-0.15, -0.1) is 0 Å². The lowest BCUT2D eigenvalue weighted by Crippen LogP contribution is -2.32. The second-order valence-corrected chi connectivity index (χ2v) is 5.80. The minimum absolute atomic E-state index is 0.0839. The molecule has 1 aromatic heterocycles. The van der Waals surface area contributed by atoms with Crippen LogP contribution in [0.4, 0.5) is 5.69 Å². The fourth-order valence-electron chi connectivity index (χ4n) is 2.92. The van der Waals surface area contributed by atoms with E-state index in [2.05, 4.69) is 10.3 Å². The number of amides is 1. The molecule has 1 N–H and O–H groups in total. The Morgan fingerprint density at radius 3 is 2.96 bits per heavy atom. The molecule has 120 valence electrons. The number of nitrogens with one attached hydrogen (secondary N) is 1. The Labute approximate surface area is 136 Å². The fraction of sp³-hybridized carbons (Fsp3) is 0.333. The van der Waals surface area contributed by atoms with Crippen molar-refractivity contribution in [2.45, 2.75) is 19.4 Å². The van der Waals surface area contributed by atoms with Gasteiger partial charge in [0.25, 0.3) is 5.91 Å². The number of carbonyl (C=O) groups is 1. The van der Waals surface area contributed by atoms with Crippen molar-refractivity contribution in [2.24, 2.45) is 0 Å². The van der Waals surface area contributed by atoms with Gasteiger partial charge in [0, 0.05) is 37.1 Å². The number of pyridine rings is 1. The van der Waals surface area contributed by atoms with Gasteiger partial charge in [-0.05, 0) is 49.2 Å². The van der Waals surface area contributed by atoms with Gasteiger partial charge in [0.1, 0.15) is 5.75 Å². The zero-order chi connectivity index (χ0) is 16.2. The number of hydrogen-bond acceptors (Lipinski definition) is 4. The van der Waals surface area contributed by atoms with Crippen LogP contribution in [0.5, 0.6) is 5.75 Å². The molecule has 1 aliphatic rings. The van der Waals surface area contributed by atoms with E-state index in [1.54, 1.807) is 19.5 Å². The molecule has 0 bridgehead atoms. The van der Waals surface area contributed by atoms with Gasteiger partial charge in [0.05, 0.1) is 12.8 Å². The van der Waals surface area contributed by atoms with Crippen molar-refractivity contribution >= 4 is 11.6 Å². The van der Waals surface area contributed by atoms with Gasteiger partial charge in [-0.3, -0.25) is 9.78 Å². The largest absolute Gasteiger partial charge is 0.497 e. The second-order valence-electron chi connectivity index (χ2n) is 5.80. The summed E-state index contributed by atoms with van der Waals surface area (Å²) in [5.41, 5.74) is 2.68. The molecule has 0 radical (unpaired) electrons. The number of ether oxygens (including phenoxy) is 1. The van der Waals surface area contributed by atoms with E-state index in [0.29, 0.717) is 6.54 Å². The van der Waals surface area contributed by atoms with E-state index in [1.807, 2.05) is 42.2 Å². The molecule has 5 heteroatoms. The van der Waals surface area contributed by atoms with Crippen LogP contribution in [-0.4, -0.2) is 42.0 Å². The number of anilines is 1. The first-order valence-electron chi connectivity index (χ1n) is 7.78. The molecule has 1 saturated heterocycles. The lowest BCUT2D eigenvalue weighted by molar-refractivity contribution is 0.0791. The summed E-state index contributed by atoms with van der Waals surface area (Å²) in [6, 6.07) is 9.74. The summed E-state index contributed by atoms with van der Waals surface area (Å²) in [5.74, 6) is 0.859. The Bertz CT molecular complexity index is 688. The van der Waals surface area contributed by atoms with Crippen LogP contribution in [0.2, 0.25) is 0 Å². The Balaban J connectivity index is 1.65. The zero-order valence-electron chi connectivity index (χ0n) is 13.5. The molecule has 0 unspecified atom stereocenters. The third-order valence-electron chi connectivity index (χ3n) is 4.17. The lowest BCUT2D eigenvalue weighted by atomic mass is 10.1. The molecular formula is C18H21N3O2. The highest BCUT2D eigenvalue weighted by Gasteiger charge is 2.27. The van der Waals surface area contributed by atoms with Crippen LogP contribution in [0.25, 0.3) is 0 Å². The van der Waals surface area contributed by atoms with Crippen LogP contribution >= 0.6 is 0 Å². The van der Waals surface area contributed by atoms with Crippen LogP contribution < -0.4 is 10.1 Å². The molecule has 0 aliphatic carbocycles. The minimum atomic E-state index is 0.0839. The Morgan fingerprint density at radius 1 is 1.39 bits per heavy atom. The highest BCUT2D eigenvalue weighted by atomic mass is 16.5. The summed E-state index contributed by atoms with van der Waals surface area (Å²) in [6.45, 7) is 3.42. The van der Waals surface area contributed by atoms with E-state index in [4.69, 9.17) is 4.74 Å². The number of benzene rings is 1. The lowest BCUT2D eigenvalue weighted by Gasteiger charge is -2.19. The third-order valence-corrected chi connectivity index (χ3v) is 4.17. The van der Waals surface area contributed by atoms with Crippen molar-refractivity contribution < 1.29 is 9.53 Å². The molecule has 1 fully saturated rings. The predicted molar refractivity (Wildman–Crippen MR) is 89.9 cm³/mol. The highest BCUT2D eigenvalue weighted by molar-refractivity contribution is 5.96. The number of likely N-dealkylation sites (tertiary alicyclic amines) is 1. The molecular weight excluding hydrogens is 290 g/mol. The van der Waals surface area contributed by atoms with Crippen molar-refractivity contribution in [3.8, 4) is 5.75 Å². The van der Waals surface area contributed by atoms with Crippen LogP contribution in [0.15, 0.2) is 42.7 Å². The summed E-state index contributed by atoms with van der Waals surface area (Å²) in [5, 5.41) is 3.43. The first kappa shape index (κ1) is 15.3. The number of aryl methyl sites for hydroxylation is 1. The molecule has 1 amide bonds. The van der Waals surface area contributed by atoms with E-state index in [1.165, 1.54) is 0 Å². The minimum Gasteiger partial charge on any atom is -0.497 e. The molecule has 5 nitrogen and oxygen atoms in total. The SMILES string of the molecule is COc1ccc(C(=O)N2CC[C@@H](Nc3cccnc3)C2)c(C)c1. The van der Waals surface area contributed by atoms with Gasteiger partial charge in [-0.1, -0.05) is 0 Å². The molecule has 3 rings (SSSR count). The number of methoxy groups -OCH3 is 1. The first-order valence-corrected chi connectivity index (χ1v) is 7.78. The zero-order valence-corrected chi connectivity index (χ0v) is 13.5. The molecule has 2 aromatic rings. The maximum atomic E-state index is 12.7. The smallest absolute Gasteiger partial charge is 0.254 e. The average molecular weight is 311 g/mol. The van der Waals surface area contributed by atoms with Gasteiger partial charge in [-0.2, -0.15) is 0 Å². The van der Waals surface area contributed by atoms with E-state index in [-0.39, 0.29) is 11.9 Å². The van der Waals surface area contributed by atoms with Crippen LogP contribution in [0.1, 0.15) is 22.3 Å². The maximum Gasteiger partial charge on any atom is 0.254 e. The Hall–Kier alpha value is -2.56. The molecule has 0 saturated carbocycles. The standard InChI is InChI=1S/C18H21N3O2/c1-13-10-16(23-2)5-6-17(13)18(22)21-9-7-15(12-21)20-14-4-3-8-19-11-14/h3-6,8,10-11,15,20H,7,9,12H2,1-2H3/t15-/m1/s1. The summed E-state index contributed by atoms with van der Waals surface area (Å²) in [6.07, 6.45) is 4.50. The second kappa shape index (κ2) is 6.69. The predicted octanol–water partition coefficient (Wildman–Crippen LogP) is 2.73. The number of carbonyl (C=O) groups excluding carboxylic acids is 1. The van der Waals surface area contributed by atoms with Crippen molar-refractivity contribution in [1.29, 1.82) is 0 Å². The quantitative estimate of drug-likeness (QED) is 0.943. The van der Waals surface area contributed by atoms with E-state index < -0.39 is 0 Å². The topological polar surface area (TPSA) is 54.5 Å². The van der Waals surface area contributed by atoms with Crippen LogP contribution in [0.3, 0.4) is 0 Å². The Morgan fingerprint density at radius 2 is 2.26 bits per heavy atom. The average Bonchev–Trinajstić information content (AvgIpc) is 3.03. The van der Waals surface area contributed by atoms with Crippen molar-refractivity contribution in [3.63, 3.8) is 0 Å². The summed E-state index contributed by atoms with van der Waals surface area (Å²) in [4.78, 5) is 18.7. The summed E-state index contributed by atoms with van der Waals surface area (Å²) in [7, 11) is 1.63. The molecule has 1 aromatic carbocycles. The first-order chi connectivity index (χ1) is 11.2. The van der Waals surface area contributed by atoms with E-state index in [9.17, 15) is 4.79 Å². The summed E-state index contributed by atoms with van der Waals surface area (Å²) >= 11 is 0. The number of hydrogen-bond donors (Lipinski definition) is 1. The van der Waals surface area contributed by atoms with Crippen molar-refractivity contribution in [3.05, 3.63) is 53.9 Å². The third kappa shape index (κ3) is 3.44. The summed E-state index contributed by atoms with van der Waals surface area (Å²) < 4.78 is 5.20. The molecule has 0 spiro atoms. The van der Waals surface area contributed by atoms with Gasteiger partial charge < -0.3 is 15.0 Å². The van der Waals surface area contributed by atoms with Gasteiger partial charge in [-0.25, -0.2) is 0 Å². The van der Waals surface area contributed by atoms with Gasteiger partial charge in [0.15, 0.2) is 0 Å². The fourth-order valence-corrected chi connectivity index (χ4v) is 2.92. The monoisotopic (exact) mass is 311 g/mol. The van der Waals surface area contributed by atoms with Crippen molar-refractivity contribution in [2.75, 3.05) is 25.5 Å². The van der Waals surface area contributed by atoms with Crippen LogP contribution in [-0.2, 0) is 0 Å².